The Morgan fingerprint density at radius 1 is 1.10 bits per heavy atom. The van der Waals surface area contributed by atoms with Crippen molar-refractivity contribution in [2.45, 2.75) is 63.8 Å². The second kappa shape index (κ2) is 8.63. The summed E-state index contributed by atoms with van der Waals surface area (Å²) in [6.45, 7) is 4.43. The van der Waals surface area contributed by atoms with Crippen LogP contribution in [0.4, 0.5) is 0 Å². The van der Waals surface area contributed by atoms with Gasteiger partial charge < -0.3 is 16.0 Å². The van der Waals surface area contributed by atoms with E-state index in [-0.39, 0.29) is 17.9 Å². The fourth-order valence-corrected chi connectivity index (χ4v) is 3.48. The zero-order chi connectivity index (χ0) is 14.2. The number of nitrogens with zero attached hydrogens (tertiary/aromatic N) is 1. The molecular weight excluding hydrogens is 250 g/mol. The molecule has 1 saturated heterocycles. The Morgan fingerprint density at radius 2 is 1.85 bits per heavy atom. The molecule has 1 heterocycles. The SMILES string of the molecule is NC1CCCC(C(=O)NCCCN2CCCCCC2)C1. The molecule has 0 aromatic rings. The van der Waals surface area contributed by atoms with Crippen LogP contribution in [-0.2, 0) is 4.79 Å². The molecule has 2 rings (SSSR count). The monoisotopic (exact) mass is 281 g/mol. The Labute approximate surface area is 123 Å². The largest absolute Gasteiger partial charge is 0.356 e. The normalized spacial score (nSPS) is 28.9. The van der Waals surface area contributed by atoms with Crippen LogP contribution in [0, 0.1) is 5.92 Å². The molecule has 0 aromatic carbocycles. The predicted molar refractivity (Wildman–Crippen MR) is 82.5 cm³/mol. The van der Waals surface area contributed by atoms with E-state index >= 15 is 0 Å². The molecular formula is C16H31N3O. The number of carbonyl (C=O) groups excluding carboxylic acids is 1. The highest BCUT2D eigenvalue weighted by Gasteiger charge is 2.24. The highest BCUT2D eigenvalue weighted by molar-refractivity contribution is 5.78. The summed E-state index contributed by atoms with van der Waals surface area (Å²) < 4.78 is 0. The van der Waals surface area contributed by atoms with Crippen LogP contribution < -0.4 is 11.1 Å². The van der Waals surface area contributed by atoms with Gasteiger partial charge in [0.15, 0.2) is 0 Å². The van der Waals surface area contributed by atoms with Gasteiger partial charge in [0.1, 0.15) is 0 Å². The van der Waals surface area contributed by atoms with E-state index in [4.69, 9.17) is 5.73 Å². The lowest BCUT2D eigenvalue weighted by molar-refractivity contribution is -0.126. The highest BCUT2D eigenvalue weighted by Crippen LogP contribution is 2.23. The number of hydrogen-bond acceptors (Lipinski definition) is 3. The summed E-state index contributed by atoms with van der Waals surface area (Å²) >= 11 is 0. The highest BCUT2D eigenvalue weighted by atomic mass is 16.1. The first-order valence-electron chi connectivity index (χ1n) is 8.51. The molecule has 1 amide bonds. The summed E-state index contributed by atoms with van der Waals surface area (Å²) in [5, 5.41) is 3.11. The third-order valence-corrected chi connectivity index (χ3v) is 4.73. The van der Waals surface area contributed by atoms with E-state index in [1.807, 2.05) is 0 Å². The lowest BCUT2D eigenvalue weighted by atomic mass is 9.85. The number of nitrogens with two attached hydrogens (primary N) is 1. The first kappa shape index (κ1) is 15.8. The minimum Gasteiger partial charge on any atom is -0.356 e. The molecule has 1 saturated carbocycles. The lowest BCUT2D eigenvalue weighted by Gasteiger charge is -2.26. The third-order valence-electron chi connectivity index (χ3n) is 4.73. The Kier molecular flexibility index (Phi) is 6.80. The van der Waals surface area contributed by atoms with E-state index in [0.29, 0.717) is 0 Å². The lowest BCUT2D eigenvalue weighted by Crippen LogP contribution is -2.38. The maximum absolute atomic E-state index is 12.1. The molecule has 2 atom stereocenters. The van der Waals surface area contributed by atoms with E-state index in [0.717, 1.165) is 45.2 Å². The van der Waals surface area contributed by atoms with Crippen molar-refractivity contribution in [2.75, 3.05) is 26.2 Å². The number of carbonyl (C=O) groups is 1. The maximum atomic E-state index is 12.1. The quantitative estimate of drug-likeness (QED) is 0.757. The second-order valence-corrected chi connectivity index (χ2v) is 6.52. The molecule has 4 nitrogen and oxygen atoms in total. The standard InChI is InChI=1S/C16H31N3O/c17-15-8-5-7-14(13-15)16(20)18-9-6-12-19-10-3-1-2-4-11-19/h14-15H,1-13,17H2,(H,18,20). The third kappa shape index (κ3) is 5.41. The molecule has 0 bridgehead atoms. The fraction of sp³-hybridized carbons (Fsp3) is 0.938. The Balaban J connectivity index is 1.56. The molecule has 4 heteroatoms. The molecule has 2 fully saturated rings. The van der Waals surface area contributed by atoms with Crippen molar-refractivity contribution in [1.82, 2.24) is 10.2 Å². The van der Waals surface area contributed by atoms with Crippen LogP contribution >= 0.6 is 0 Å². The summed E-state index contributed by atoms with van der Waals surface area (Å²) in [6, 6.07) is 0.233. The van der Waals surface area contributed by atoms with Gasteiger partial charge in [0.2, 0.25) is 5.91 Å². The zero-order valence-corrected chi connectivity index (χ0v) is 12.8. The second-order valence-electron chi connectivity index (χ2n) is 6.52. The van der Waals surface area contributed by atoms with Crippen LogP contribution in [0.2, 0.25) is 0 Å². The topological polar surface area (TPSA) is 58.4 Å². The average molecular weight is 281 g/mol. The van der Waals surface area contributed by atoms with E-state index in [9.17, 15) is 4.79 Å². The molecule has 3 N–H and O–H groups in total. The molecule has 0 spiro atoms. The smallest absolute Gasteiger partial charge is 0.223 e. The number of hydrogen-bond donors (Lipinski definition) is 2. The van der Waals surface area contributed by atoms with Gasteiger partial charge in [-0.2, -0.15) is 0 Å². The first-order chi connectivity index (χ1) is 9.75. The van der Waals surface area contributed by atoms with Gasteiger partial charge in [-0.05, 0) is 58.2 Å². The maximum Gasteiger partial charge on any atom is 0.223 e. The van der Waals surface area contributed by atoms with Crippen molar-refractivity contribution in [1.29, 1.82) is 0 Å². The number of amides is 1. The van der Waals surface area contributed by atoms with E-state index in [1.165, 1.54) is 38.8 Å². The first-order valence-corrected chi connectivity index (χ1v) is 8.51. The summed E-state index contributed by atoms with van der Waals surface area (Å²) in [7, 11) is 0. The molecule has 1 aliphatic heterocycles. The average Bonchev–Trinajstić information content (AvgIpc) is 2.72. The Morgan fingerprint density at radius 3 is 2.55 bits per heavy atom. The zero-order valence-electron chi connectivity index (χ0n) is 12.8. The van der Waals surface area contributed by atoms with Crippen LogP contribution in [-0.4, -0.2) is 43.0 Å². The Bertz CT molecular complexity index is 287. The van der Waals surface area contributed by atoms with Crippen molar-refractivity contribution in [3.05, 3.63) is 0 Å². The van der Waals surface area contributed by atoms with Crippen LogP contribution in [0.25, 0.3) is 0 Å². The minimum absolute atomic E-state index is 0.164. The van der Waals surface area contributed by atoms with Gasteiger partial charge in [0.05, 0.1) is 0 Å². The number of likely N-dealkylation sites (tertiary alicyclic amines) is 1. The molecule has 2 aliphatic rings. The van der Waals surface area contributed by atoms with Crippen molar-refractivity contribution in [2.24, 2.45) is 11.7 Å². The number of nitrogens with one attached hydrogen (secondary N) is 1. The van der Waals surface area contributed by atoms with Gasteiger partial charge in [-0.3, -0.25) is 4.79 Å². The Hall–Kier alpha value is -0.610. The van der Waals surface area contributed by atoms with Crippen molar-refractivity contribution in [3.63, 3.8) is 0 Å². The van der Waals surface area contributed by atoms with Gasteiger partial charge in [-0.25, -0.2) is 0 Å². The van der Waals surface area contributed by atoms with Gasteiger partial charge in [-0.15, -0.1) is 0 Å². The van der Waals surface area contributed by atoms with Crippen LogP contribution in [0.3, 0.4) is 0 Å². The molecule has 0 aromatic heterocycles. The van der Waals surface area contributed by atoms with Crippen LogP contribution in [0.15, 0.2) is 0 Å². The molecule has 116 valence electrons. The summed E-state index contributed by atoms with van der Waals surface area (Å²) in [5.74, 6) is 0.396. The van der Waals surface area contributed by atoms with E-state index in [2.05, 4.69) is 10.2 Å². The molecule has 2 unspecified atom stereocenters. The van der Waals surface area contributed by atoms with Gasteiger partial charge in [-0.1, -0.05) is 19.3 Å². The molecule has 1 aliphatic carbocycles. The van der Waals surface area contributed by atoms with Crippen molar-refractivity contribution < 1.29 is 4.79 Å². The van der Waals surface area contributed by atoms with Crippen LogP contribution in [0.1, 0.15) is 57.8 Å². The molecule has 20 heavy (non-hydrogen) atoms. The number of rotatable bonds is 5. The summed E-state index contributed by atoms with van der Waals surface area (Å²) in [6.07, 6.45) is 10.6. The predicted octanol–water partition coefficient (Wildman–Crippen LogP) is 1.89. The van der Waals surface area contributed by atoms with Crippen molar-refractivity contribution >= 4 is 5.91 Å². The van der Waals surface area contributed by atoms with Crippen LogP contribution in [0.5, 0.6) is 0 Å². The molecule has 0 radical (unpaired) electrons. The summed E-state index contributed by atoms with van der Waals surface area (Å²) in [4.78, 5) is 14.6. The van der Waals surface area contributed by atoms with Gasteiger partial charge >= 0.3 is 0 Å². The fourth-order valence-electron chi connectivity index (χ4n) is 3.48. The minimum atomic E-state index is 0.164. The summed E-state index contributed by atoms with van der Waals surface area (Å²) in [5.41, 5.74) is 5.94. The van der Waals surface area contributed by atoms with Gasteiger partial charge in [0.25, 0.3) is 0 Å². The van der Waals surface area contributed by atoms with E-state index in [1.54, 1.807) is 0 Å². The van der Waals surface area contributed by atoms with Gasteiger partial charge in [0, 0.05) is 18.5 Å². The van der Waals surface area contributed by atoms with Crippen molar-refractivity contribution in [3.8, 4) is 0 Å². The van der Waals surface area contributed by atoms with E-state index < -0.39 is 0 Å².